The lowest BCUT2D eigenvalue weighted by Gasteiger charge is -2.10. The van der Waals surface area contributed by atoms with E-state index in [-0.39, 0.29) is 0 Å². The lowest BCUT2D eigenvalue weighted by atomic mass is 10.1. The fourth-order valence-corrected chi connectivity index (χ4v) is 13.0. The molecule has 1 saturated carbocycles. The van der Waals surface area contributed by atoms with Crippen LogP contribution in [0.4, 0.5) is 0 Å². The average molecular weight is 184 g/mol. The monoisotopic (exact) mass is 184 g/mol. The summed E-state index contributed by atoms with van der Waals surface area (Å²) < 4.78 is 0. The molecule has 0 saturated heterocycles. The summed E-state index contributed by atoms with van der Waals surface area (Å²) in [5.74, 6) is 2.20. The highest BCUT2D eigenvalue weighted by atomic mass is 29.5. The van der Waals surface area contributed by atoms with E-state index in [1.54, 1.807) is 22.6 Å². The van der Waals surface area contributed by atoms with Crippen LogP contribution in [0.15, 0.2) is 11.3 Å². The summed E-state index contributed by atoms with van der Waals surface area (Å²) in [5, 5.41) is 2.03. The van der Waals surface area contributed by atoms with E-state index in [1.165, 1.54) is 6.42 Å². The first-order valence-corrected chi connectivity index (χ1v) is 15.0. The van der Waals surface area contributed by atoms with Gasteiger partial charge >= 0.3 is 0 Å². The Balaban J connectivity index is 2.03. The average Bonchev–Trinajstić information content (AvgIpc) is 2.48. The van der Waals surface area contributed by atoms with Crippen molar-refractivity contribution >= 4 is 27.4 Å². The van der Waals surface area contributed by atoms with Gasteiger partial charge in [-0.25, -0.2) is 0 Å². The van der Waals surface area contributed by atoms with Crippen LogP contribution < -0.4 is 0 Å². The van der Waals surface area contributed by atoms with E-state index >= 15 is 0 Å². The van der Waals surface area contributed by atoms with Gasteiger partial charge in [-0.15, -0.1) is 0 Å². The van der Waals surface area contributed by atoms with Crippen molar-refractivity contribution in [2.75, 3.05) is 0 Å². The summed E-state index contributed by atoms with van der Waals surface area (Å²) in [6, 6.07) is 0. The van der Waals surface area contributed by atoms with Crippen molar-refractivity contribution in [3.8, 4) is 0 Å². The molecular weight excluding hydrogens is 168 g/mol. The summed E-state index contributed by atoms with van der Waals surface area (Å²) in [7, 11) is 2.60. The SMILES string of the molecule is [SiH3][SiH2][SiH2]C1=CC2CCC1C2. The summed E-state index contributed by atoms with van der Waals surface area (Å²) in [5.41, 5.74) is 0. The summed E-state index contributed by atoms with van der Waals surface area (Å²) in [6.45, 7) is 0. The first kappa shape index (κ1) is 7.06. The van der Waals surface area contributed by atoms with Crippen LogP contribution in [0.2, 0.25) is 0 Å². The maximum absolute atomic E-state index is 2.67. The molecule has 0 aromatic heterocycles. The van der Waals surface area contributed by atoms with E-state index in [1.807, 2.05) is 5.20 Å². The maximum Gasteiger partial charge on any atom is 0.0338 e. The second-order valence-corrected chi connectivity index (χ2v) is 19.6. The van der Waals surface area contributed by atoms with Gasteiger partial charge in [-0.2, -0.15) is 0 Å². The molecule has 0 N–H and O–H groups in total. The molecular formula is C7H16Si3. The van der Waals surface area contributed by atoms with Crippen molar-refractivity contribution in [2.45, 2.75) is 19.3 Å². The number of rotatable bonds is 2. The zero-order valence-electron chi connectivity index (χ0n) is 6.77. The van der Waals surface area contributed by atoms with Gasteiger partial charge in [0.25, 0.3) is 0 Å². The van der Waals surface area contributed by atoms with Gasteiger partial charge < -0.3 is 0 Å². The Labute approximate surface area is 70.1 Å². The van der Waals surface area contributed by atoms with E-state index in [0.717, 1.165) is 11.8 Å². The minimum atomic E-state index is 0.432. The molecule has 1 fully saturated rings. The number of hydrogen-bond donors (Lipinski definition) is 0. The molecule has 56 valence electrons. The topological polar surface area (TPSA) is 0 Å². The fourth-order valence-electron chi connectivity index (χ4n) is 2.52. The minimum Gasteiger partial charge on any atom is -0.0920 e. The van der Waals surface area contributed by atoms with Gasteiger partial charge in [0.05, 0.1) is 0 Å². The van der Waals surface area contributed by atoms with E-state index in [0.29, 0.717) is 17.6 Å². The van der Waals surface area contributed by atoms with Crippen molar-refractivity contribution in [1.29, 1.82) is 0 Å². The fraction of sp³-hybridized carbons (Fsp3) is 0.714. The first-order valence-electron chi connectivity index (χ1n) is 4.60. The van der Waals surface area contributed by atoms with Crippen LogP contribution in [0.5, 0.6) is 0 Å². The molecule has 0 radical (unpaired) electrons. The number of hydrogen-bond acceptors (Lipinski definition) is 0. The predicted octanol–water partition coefficient (Wildman–Crippen LogP) is -1.17. The highest BCUT2D eigenvalue weighted by Crippen LogP contribution is 2.42. The van der Waals surface area contributed by atoms with Crippen molar-refractivity contribution in [2.24, 2.45) is 11.8 Å². The lowest BCUT2D eigenvalue weighted by Crippen LogP contribution is -2.12. The Morgan fingerprint density at radius 1 is 1.50 bits per heavy atom. The van der Waals surface area contributed by atoms with E-state index < -0.39 is 0 Å². The van der Waals surface area contributed by atoms with Crippen LogP contribution >= 0.6 is 0 Å². The van der Waals surface area contributed by atoms with Crippen molar-refractivity contribution < 1.29 is 0 Å². The van der Waals surface area contributed by atoms with E-state index in [9.17, 15) is 0 Å². The van der Waals surface area contributed by atoms with Crippen LogP contribution in [-0.2, 0) is 0 Å². The Bertz CT molecular complexity index is 164. The third-order valence-corrected chi connectivity index (χ3v) is 12.6. The van der Waals surface area contributed by atoms with Gasteiger partial charge in [0.15, 0.2) is 0 Å². The van der Waals surface area contributed by atoms with Crippen LogP contribution in [-0.4, -0.2) is 27.4 Å². The van der Waals surface area contributed by atoms with Crippen molar-refractivity contribution in [3.05, 3.63) is 11.3 Å². The van der Waals surface area contributed by atoms with Crippen molar-refractivity contribution in [1.82, 2.24) is 0 Å². The Kier molecular flexibility index (Phi) is 1.97. The Hall–Kier alpha value is 0.391. The van der Waals surface area contributed by atoms with Crippen LogP contribution in [0.3, 0.4) is 0 Å². The van der Waals surface area contributed by atoms with Gasteiger partial charge in [0.2, 0.25) is 0 Å². The highest BCUT2D eigenvalue weighted by molar-refractivity contribution is 7.25. The molecule has 2 atom stereocenters. The highest BCUT2D eigenvalue weighted by Gasteiger charge is 2.31. The van der Waals surface area contributed by atoms with Gasteiger partial charge in [-0.1, -0.05) is 11.3 Å². The smallest absolute Gasteiger partial charge is 0.0338 e. The van der Waals surface area contributed by atoms with E-state index in [2.05, 4.69) is 6.08 Å². The molecule has 0 nitrogen and oxygen atoms in total. The minimum absolute atomic E-state index is 0.432. The molecule has 0 amide bonds. The van der Waals surface area contributed by atoms with Gasteiger partial charge in [0, 0.05) is 9.04 Å². The molecule has 2 aliphatic carbocycles. The number of allylic oxidation sites excluding steroid dienone is 2. The maximum atomic E-state index is 2.67. The van der Waals surface area contributed by atoms with Gasteiger partial charge in [0.1, 0.15) is 0 Å². The Morgan fingerprint density at radius 2 is 2.40 bits per heavy atom. The normalized spacial score (nSPS) is 39.4. The molecule has 0 heterocycles. The summed E-state index contributed by atoms with van der Waals surface area (Å²) in [4.78, 5) is 0. The molecule has 0 aromatic rings. The molecule has 2 unspecified atom stereocenters. The van der Waals surface area contributed by atoms with Crippen LogP contribution in [0.1, 0.15) is 19.3 Å². The van der Waals surface area contributed by atoms with E-state index in [4.69, 9.17) is 0 Å². The molecule has 3 heteroatoms. The third-order valence-electron chi connectivity index (χ3n) is 2.99. The Morgan fingerprint density at radius 3 is 2.90 bits per heavy atom. The molecule has 0 spiro atoms. The second kappa shape index (κ2) is 2.79. The molecule has 10 heavy (non-hydrogen) atoms. The third kappa shape index (κ3) is 1.10. The zero-order chi connectivity index (χ0) is 6.97. The molecule has 0 aliphatic heterocycles. The molecule has 2 bridgehead atoms. The summed E-state index contributed by atoms with van der Waals surface area (Å²) in [6.07, 6.45) is 7.34. The first-order chi connectivity index (χ1) is 4.90. The van der Waals surface area contributed by atoms with Gasteiger partial charge in [-0.05, 0) is 49.4 Å². The second-order valence-electron chi connectivity index (χ2n) is 3.76. The number of fused-ring (bicyclic) bond motifs is 2. The quantitative estimate of drug-likeness (QED) is 0.475. The van der Waals surface area contributed by atoms with Crippen molar-refractivity contribution in [3.63, 3.8) is 0 Å². The van der Waals surface area contributed by atoms with Crippen LogP contribution in [0.25, 0.3) is 0 Å². The van der Waals surface area contributed by atoms with Gasteiger partial charge in [-0.3, -0.25) is 0 Å². The molecule has 2 rings (SSSR count). The van der Waals surface area contributed by atoms with Crippen LogP contribution in [0, 0.1) is 11.8 Å². The standard InChI is InChI=1S/C7H16Si3/c8-10-9-7-4-5-1-2-6(7)3-5/h4-6H,1-3,9-10H2,8H3. The zero-order valence-corrected chi connectivity index (χ0v) is 11.6. The molecule has 2 aliphatic rings. The largest absolute Gasteiger partial charge is 0.0920 e. The lowest BCUT2D eigenvalue weighted by molar-refractivity contribution is 0.683. The molecule has 0 aromatic carbocycles. The predicted molar refractivity (Wildman–Crippen MR) is 55.9 cm³/mol. The summed E-state index contributed by atoms with van der Waals surface area (Å²) >= 11 is 0.